The predicted molar refractivity (Wildman–Crippen MR) is 128 cm³/mol. The Labute approximate surface area is 209 Å². The summed E-state index contributed by atoms with van der Waals surface area (Å²) in [4.78, 5) is 24.4. The van der Waals surface area contributed by atoms with Crippen LogP contribution in [0.25, 0.3) is 10.4 Å². The Hall–Kier alpha value is -3.09. The first-order valence-electron chi connectivity index (χ1n) is 11.3. The average molecular weight is 522 g/mol. The van der Waals surface area contributed by atoms with Gasteiger partial charge in [-0.25, -0.2) is 15.0 Å². The lowest BCUT2D eigenvalue weighted by atomic mass is 9.72. The van der Waals surface area contributed by atoms with Crippen LogP contribution in [0.5, 0.6) is 0 Å². The van der Waals surface area contributed by atoms with E-state index in [1.54, 1.807) is 25.4 Å². The minimum Gasteiger partial charge on any atom is -0.383 e. The quantitative estimate of drug-likeness (QED) is 0.415. The number of methoxy groups -OCH3 is 1. The van der Waals surface area contributed by atoms with E-state index in [1.807, 2.05) is 13.0 Å². The molecule has 3 aromatic rings. The summed E-state index contributed by atoms with van der Waals surface area (Å²) < 4.78 is 44.4. The van der Waals surface area contributed by atoms with E-state index in [2.05, 4.69) is 20.3 Å². The molecule has 0 radical (unpaired) electrons. The lowest BCUT2D eigenvalue weighted by molar-refractivity contribution is -0.141. The third-order valence-electron chi connectivity index (χ3n) is 6.28. The molecule has 1 aliphatic carbocycles. The van der Waals surface area contributed by atoms with Crippen molar-refractivity contribution in [3.05, 3.63) is 52.9 Å². The van der Waals surface area contributed by atoms with Gasteiger partial charge in [0.15, 0.2) is 0 Å². The maximum absolute atomic E-state index is 13.0. The second-order valence-corrected chi connectivity index (χ2v) is 10.1. The number of hydrogen-bond donors (Lipinski definition) is 3. The summed E-state index contributed by atoms with van der Waals surface area (Å²) in [6.45, 7) is 2.17. The lowest BCUT2D eigenvalue weighted by Crippen LogP contribution is -2.40. The van der Waals surface area contributed by atoms with Crippen molar-refractivity contribution < 1.29 is 27.8 Å². The maximum atomic E-state index is 13.0. The number of anilines is 2. The second-order valence-electron chi connectivity index (χ2n) is 9.03. The highest BCUT2D eigenvalue weighted by molar-refractivity contribution is 7.15. The van der Waals surface area contributed by atoms with E-state index in [-0.39, 0.29) is 30.3 Å². The number of primary amides is 1. The van der Waals surface area contributed by atoms with Gasteiger partial charge < -0.3 is 20.9 Å². The normalized spacial score (nSPS) is 22.4. The Bertz CT molecular complexity index is 1250. The number of aliphatic hydroxyl groups is 1. The van der Waals surface area contributed by atoms with Crippen LogP contribution < -0.4 is 11.1 Å². The number of carbonyl (C=O) groups is 1. The minimum atomic E-state index is -4.59. The van der Waals surface area contributed by atoms with Gasteiger partial charge in [-0.15, -0.1) is 11.3 Å². The lowest BCUT2D eigenvalue weighted by Gasteiger charge is -2.37. The molecular weight excluding hydrogens is 495 g/mol. The van der Waals surface area contributed by atoms with Crippen LogP contribution in [-0.2, 0) is 27.9 Å². The molecule has 1 saturated carbocycles. The SMILES string of the molecule is COCc1cc(Nc2nccc(C(F)(F)F)n2)cc(-c2cnc(C3(O)CCC(C(N)=O)C(C)C3)s2)c1. The van der Waals surface area contributed by atoms with Crippen LogP contribution in [0.1, 0.15) is 42.5 Å². The van der Waals surface area contributed by atoms with Gasteiger partial charge in [-0.05, 0) is 60.6 Å². The molecule has 3 atom stereocenters. The monoisotopic (exact) mass is 521 g/mol. The van der Waals surface area contributed by atoms with E-state index >= 15 is 0 Å². The van der Waals surface area contributed by atoms with Crippen LogP contribution in [0.15, 0.2) is 36.7 Å². The number of nitrogens with zero attached hydrogens (tertiary/aromatic N) is 3. The van der Waals surface area contributed by atoms with Gasteiger partial charge >= 0.3 is 6.18 Å². The highest BCUT2D eigenvalue weighted by Gasteiger charge is 2.42. The van der Waals surface area contributed by atoms with Crippen molar-refractivity contribution in [3.63, 3.8) is 0 Å². The number of amides is 1. The van der Waals surface area contributed by atoms with Crippen LogP contribution in [0.4, 0.5) is 24.8 Å². The molecule has 0 bridgehead atoms. The van der Waals surface area contributed by atoms with Crippen LogP contribution in [0.2, 0.25) is 0 Å². The fourth-order valence-corrected chi connectivity index (χ4v) is 5.59. The Morgan fingerprint density at radius 2 is 2.11 bits per heavy atom. The largest absolute Gasteiger partial charge is 0.433 e. The van der Waals surface area contributed by atoms with E-state index < -0.39 is 17.5 Å². The van der Waals surface area contributed by atoms with Gasteiger partial charge in [-0.3, -0.25) is 4.79 Å². The predicted octanol–water partition coefficient (Wildman–Crippen LogP) is 4.62. The van der Waals surface area contributed by atoms with Crippen LogP contribution in [-0.4, -0.2) is 33.1 Å². The summed E-state index contributed by atoms with van der Waals surface area (Å²) in [6.07, 6.45) is -0.661. The van der Waals surface area contributed by atoms with Gasteiger partial charge in [0.1, 0.15) is 16.3 Å². The zero-order valence-electron chi connectivity index (χ0n) is 19.7. The van der Waals surface area contributed by atoms with Crippen LogP contribution in [0, 0.1) is 11.8 Å². The maximum Gasteiger partial charge on any atom is 0.433 e. The van der Waals surface area contributed by atoms with E-state index in [1.165, 1.54) is 11.3 Å². The molecule has 0 saturated heterocycles. The van der Waals surface area contributed by atoms with Gasteiger partial charge in [0.05, 0.1) is 11.5 Å². The number of alkyl halides is 3. The van der Waals surface area contributed by atoms with E-state index in [0.717, 1.165) is 28.3 Å². The molecule has 2 aromatic heterocycles. The molecule has 1 amide bonds. The Morgan fingerprint density at radius 1 is 1.33 bits per heavy atom. The molecule has 36 heavy (non-hydrogen) atoms. The van der Waals surface area contributed by atoms with Gasteiger partial charge in [0, 0.05) is 31.1 Å². The average Bonchev–Trinajstić information content (AvgIpc) is 3.30. The van der Waals surface area contributed by atoms with Gasteiger partial charge in [0.25, 0.3) is 0 Å². The number of halogens is 3. The summed E-state index contributed by atoms with van der Waals surface area (Å²) in [7, 11) is 1.54. The van der Waals surface area contributed by atoms with Crippen molar-refractivity contribution in [1.82, 2.24) is 15.0 Å². The number of nitrogens with two attached hydrogens (primary N) is 1. The summed E-state index contributed by atoms with van der Waals surface area (Å²) in [5.74, 6) is -0.905. The number of nitrogens with one attached hydrogen (secondary N) is 1. The minimum absolute atomic E-state index is 0.0816. The first-order chi connectivity index (χ1) is 17.0. The van der Waals surface area contributed by atoms with Crippen molar-refractivity contribution in [1.29, 1.82) is 0 Å². The molecule has 1 fully saturated rings. The van der Waals surface area contributed by atoms with Crippen molar-refractivity contribution in [3.8, 4) is 10.4 Å². The molecule has 4 rings (SSSR count). The van der Waals surface area contributed by atoms with Crippen molar-refractivity contribution in [2.24, 2.45) is 17.6 Å². The van der Waals surface area contributed by atoms with Crippen molar-refractivity contribution in [2.45, 2.75) is 44.6 Å². The molecule has 192 valence electrons. The number of thiazole rings is 1. The molecule has 4 N–H and O–H groups in total. The smallest absolute Gasteiger partial charge is 0.383 e. The Balaban J connectivity index is 1.62. The first kappa shape index (κ1) is 26.0. The van der Waals surface area contributed by atoms with E-state index in [9.17, 15) is 23.1 Å². The summed E-state index contributed by atoms with van der Waals surface area (Å²) in [6, 6.07) is 6.17. The van der Waals surface area contributed by atoms with Crippen molar-refractivity contribution in [2.75, 3.05) is 12.4 Å². The van der Waals surface area contributed by atoms with Crippen molar-refractivity contribution >= 4 is 28.9 Å². The Morgan fingerprint density at radius 3 is 2.78 bits per heavy atom. The fraction of sp³-hybridized carbons (Fsp3) is 0.417. The van der Waals surface area contributed by atoms with E-state index in [0.29, 0.717) is 30.0 Å². The third kappa shape index (κ3) is 5.66. The molecule has 8 nitrogen and oxygen atoms in total. The molecular formula is C24H26F3N5O3S. The first-order valence-corrected chi connectivity index (χ1v) is 12.1. The third-order valence-corrected chi connectivity index (χ3v) is 7.51. The standard InChI is InChI=1S/C24H26F3N5O3S/c1-13-10-23(34,5-3-17(13)20(28)33)21-30-11-18(36-21)15-7-14(12-35-2)8-16(9-15)31-22-29-6-4-19(32-22)24(25,26)27/h4,6-9,11,13,17,34H,3,5,10,12H2,1-2H3,(H2,28,33)(H,29,31,32). The highest BCUT2D eigenvalue weighted by Crippen LogP contribution is 2.45. The van der Waals surface area contributed by atoms with E-state index in [4.69, 9.17) is 10.5 Å². The highest BCUT2D eigenvalue weighted by atomic mass is 32.1. The zero-order valence-corrected chi connectivity index (χ0v) is 20.5. The molecule has 0 spiro atoms. The molecule has 1 aliphatic rings. The molecule has 0 aliphatic heterocycles. The summed E-state index contributed by atoms with van der Waals surface area (Å²) >= 11 is 1.32. The fourth-order valence-electron chi connectivity index (χ4n) is 4.56. The van der Waals surface area contributed by atoms with Crippen LogP contribution in [0.3, 0.4) is 0 Å². The number of rotatable bonds is 7. The number of ether oxygens (including phenoxy) is 1. The molecule has 2 heterocycles. The number of aromatic nitrogens is 3. The van der Waals surface area contributed by atoms with Gasteiger partial charge in [-0.2, -0.15) is 13.2 Å². The molecule has 3 unspecified atom stereocenters. The number of benzene rings is 1. The summed E-state index contributed by atoms with van der Waals surface area (Å²) in [5.41, 5.74) is 5.27. The molecule has 1 aromatic carbocycles. The number of carbonyl (C=O) groups excluding carboxylic acids is 1. The second kappa shape index (κ2) is 10.1. The number of hydrogen-bond acceptors (Lipinski definition) is 8. The summed E-state index contributed by atoms with van der Waals surface area (Å²) in [5, 5.41) is 14.7. The van der Waals surface area contributed by atoms with Crippen LogP contribution >= 0.6 is 11.3 Å². The van der Waals surface area contributed by atoms with Gasteiger partial charge in [-0.1, -0.05) is 6.92 Å². The zero-order chi connectivity index (χ0) is 26.1. The van der Waals surface area contributed by atoms with Gasteiger partial charge in [0.2, 0.25) is 11.9 Å². The molecule has 12 heteroatoms. The Kier molecular flexibility index (Phi) is 7.30. The topological polar surface area (TPSA) is 123 Å².